The van der Waals surface area contributed by atoms with Gasteiger partial charge in [0.15, 0.2) is 5.13 Å². The molecule has 2 aliphatic heterocycles. The van der Waals surface area contributed by atoms with Crippen molar-refractivity contribution >= 4 is 34.1 Å². The van der Waals surface area contributed by atoms with Gasteiger partial charge in [-0.05, 0) is 42.9 Å². The number of amides is 2. The molecule has 1 atom stereocenters. The zero-order valence-corrected chi connectivity index (χ0v) is 22.1. The highest BCUT2D eigenvalue weighted by atomic mass is 32.1. The van der Waals surface area contributed by atoms with Crippen LogP contribution in [0.1, 0.15) is 27.7 Å². The molecule has 4 aromatic rings. The molecule has 0 bridgehead atoms. The molecule has 1 unspecified atom stereocenters. The Morgan fingerprint density at radius 1 is 1.08 bits per heavy atom. The van der Waals surface area contributed by atoms with Crippen LogP contribution in [0.25, 0.3) is 11.3 Å². The summed E-state index contributed by atoms with van der Waals surface area (Å²) < 4.78 is 14.2. The highest BCUT2D eigenvalue weighted by Crippen LogP contribution is 2.33. The van der Waals surface area contributed by atoms with E-state index in [1.54, 1.807) is 23.8 Å². The summed E-state index contributed by atoms with van der Waals surface area (Å²) >= 11 is 1.26. The minimum Gasteiger partial charge on any atom is -0.354 e. The SMILES string of the molecule is CN1CCN(c2ccc(-c3ccc4c(n3)C(=O)N(C(C(=O)Nc3nccs3)c3cccc(F)c3)C4)cn2)CC1. The van der Waals surface area contributed by atoms with Gasteiger partial charge < -0.3 is 14.7 Å². The highest BCUT2D eigenvalue weighted by molar-refractivity contribution is 7.13. The van der Waals surface area contributed by atoms with E-state index < -0.39 is 23.7 Å². The van der Waals surface area contributed by atoms with Crippen molar-refractivity contribution in [3.8, 4) is 11.3 Å². The number of nitrogens with one attached hydrogen (secondary N) is 1. The van der Waals surface area contributed by atoms with Crippen molar-refractivity contribution in [2.75, 3.05) is 43.4 Å². The molecule has 0 saturated carbocycles. The molecule has 39 heavy (non-hydrogen) atoms. The van der Waals surface area contributed by atoms with E-state index in [2.05, 4.69) is 37.1 Å². The van der Waals surface area contributed by atoms with Crippen LogP contribution in [-0.4, -0.2) is 69.8 Å². The van der Waals surface area contributed by atoms with E-state index in [1.807, 2.05) is 24.3 Å². The van der Waals surface area contributed by atoms with Crippen molar-refractivity contribution in [3.63, 3.8) is 0 Å². The maximum Gasteiger partial charge on any atom is 0.274 e. The van der Waals surface area contributed by atoms with Crippen LogP contribution in [0.4, 0.5) is 15.3 Å². The minimum absolute atomic E-state index is 0.175. The van der Waals surface area contributed by atoms with Crippen LogP contribution in [0.2, 0.25) is 0 Å². The number of benzene rings is 1. The number of rotatable bonds is 6. The number of carbonyl (C=O) groups is 2. The van der Waals surface area contributed by atoms with Gasteiger partial charge in [-0.3, -0.25) is 14.9 Å². The molecule has 1 fully saturated rings. The lowest BCUT2D eigenvalue weighted by atomic mass is 10.0. The third-order valence-electron chi connectivity index (χ3n) is 7.04. The molecular weight excluding hydrogens is 517 g/mol. The standard InChI is InChI=1S/C28H26FN7O2S/c1-34-10-12-35(13-11-34)23-8-6-19(16-31-23)22-7-5-20-17-36(27(38)24(20)32-22)25(18-3-2-4-21(29)15-18)26(37)33-28-30-9-14-39-28/h2-9,14-16,25H,10-13,17H2,1H3,(H,30,33,37). The number of thiazole rings is 1. The van der Waals surface area contributed by atoms with Crippen LogP contribution in [0.15, 0.2) is 66.3 Å². The Morgan fingerprint density at radius 2 is 1.92 bits per heavy atom. The lowest BCUT2D eigenvalue weighted by Gasteiger charge is -2.33. The number of likely N-dealkylation sites (N-methyl/N-ethyl adjacent to an activating group) is 1. The van der Waals surface area contributed by atoms with Crippen LogP contribution in [-0.2, 0) is 11.3 Å². The molecule has 5 heterocycles. The molecule has 0 aliphatic carbocycles. The van der Waals surface area contributed by atoms with E-state index in [4.69, 9.17) is 0 Å². The van der Waals surface area contributed by atoms with Gasteiger partial charge in [-0.2, -0.15) is 0 Å². The number of pyridine rings is 2. The molecule has 2 aliphatic rings. The van der Waals surface area contributed by atoms with E-state index in [-0.39, 0.29) is 12.2 Å². The first-order chi connectivity index (χ1) is 19.0. The van der Waals surface area contributed by atoms with Gasteiger partial charge in [0.2, 0.25) is 0 Å². The van der Waals surface area contributed by atoms with Crippen molar-refractivity contribution in [2.45, 2.75) is 12.6 Å². The largest absolute Gasteiger partial charge is 0.354 e. The van der Waals surface area contributed by atoms with Crippen LogP contribution < -0.4 is 10.2 Å². The second-order valence-electron chi connectivity index (χ2n) is 9.62. The third kappa shape index (κ3) is 5.10. The minimum atomic E-state index is -1.06. The molecule has 2 amide bonds. The summed E-state index contributed by atoms with van der Waals surface area (Å²) in [6.07, 6.45) is 3.35. The maximum absolute atomic E-state index is 14.2. The second-order valence-corrected chi connectivity index (χ2v) is 10.5. The molecular formula is C28H26FN7O2S. The van der Waals surface area contributed by atoms with Gasteiger partial charge in [0, 0.05) is 61.6 Å². The fraction of sp³-hybridized carbons (Fsp3) is 0.250. The monoisotopic (exact) mass is 543 g/mol. The van der Waals surface area contributed by atoms with Gasteiger partial charge in [-0.25, -0.2) is 19.3 Å². The van der Waals surface area contributed by atoms with Gasteiger partial charge in [0.05, 0.1) is 5.69 Å². The summed E-state index contributed by atoms with van der Waals surface area (Å²) in [5, 5.41) is 4.89. The van der Waals surface area contributed by atoms with E-state index >= 15 is 0 Å². The Hall–Kier alpha value is -4.22. The average molecular weight is 544 g/mol. The molecule has 3 aromatic heterocycles. The van der Waals surface area contributed by atoms with Gasteiger partial charge in [0.1, 0.15) is 23.4 Å². The Bertz CT molecular complexity index is 1500. The number of fused-ring (bicyclic) bond motifs is 1. The Labute approximate surface area is 228 Å². The molecule has 9 nitrogen and oxygen atoms in total. The Balaban J connectivity index is 1.26. The highest BCUT2D eigenvalue weighted by Gasteiger charge is 2.39. The van der Waals surface area contributed by atoms with Gasteiger partial charge in [0.25, 0.3) is 11.8 Å². The summed E-state index contributed by atoms with van der Waals surface area (Å²) in [7, 11) is 2.11. The molecule has 0 spiro atoms. The summed E-state index contributed by atoms with van der Waals surface area (Å²) in [5.41, 5.74) is 2.77. The predicted octanol–water partition coefficient (Wildman–Crippen LogP) is 3.83. The van der Waals surface area contributed by atoms with E-state index in [1.165, 1.54) is 34.4 Å². The number of nitrogens with zero attached hydrogens (tertiary/aromatic N) is 6. The summed E-state index contributed by atoms with van der Waals surface area (Å²) in [6, 6.07) is 12.3. The average Bonchev–Trinajstić information content (AvgIpc) is 3.57. The molecule has 1 saturated heterocycles. The van der Waals surface area contributed by atoms with Gasteiger partial charge >= 0.3 is 0 Å². The number of hydrogen-bond acceptors (Lipinski definition) is 8. The molecule has 198 valence electrons. The first-order valence-corrected chi connectivity index (χ1v) is 13.5. The number of carbonyl (C=O) groups excluding carboxylic acids is 2. The van der Waals surface area contributed by atoms with Crippen LogP contribution in [0.3, 0.4) is 0 Å². The van der Waals surface area contributed by atoms with Gasteiger partial charge in [-0.1, -0.05) is 18.2 Å². The van der Waals surface area contributed by atoms with E-state index in [0.717, 1.165) is 37.6 Å². The van der Waals surface area contributed by atoms with Crippen molar-refractivity contribution in [2.24, 2.45) is 0 Å². The Kier molecular flexibility index (Phi) is 6.76. The number of aromatic nitrogens is 3. The van der Waals surface area contributed by atoms with Crippen molar-refractivity contribution in [1.82, 2.24) is 24.8 Å². The molecule has 1 N–H and O–H groups in total. The lowest BCUT2D eigenvalue weighted by molar-refractivity contribution is -0.120. The second kappa shape index (κ2) is 10.5. The fourth-order valence-electron chi connectivity index (χ4n) is 4.93. The van der Waals surface area contributed by atoms with E-state index in [0.29, 0.717) is 22.0 Å². The van der Waals surface area contributed by atoms with Crippen LogP contribution in [0.5, 0.6) is 0 Å². The topological polar surface area (TPSA) is 94.6 Å². The van der Waals surface area contributed by atoms with Crippen molar-refractivity contribution < 1.29 is 14.0 Å². The predicted molar refractivity (Wildman–Crippen MR) is 147 cm³/mol. The van der Waals surface area contributed by atoms with E-state index in [9.17, 15) is 14.0 Å². The first kappa shape index (κ1) is 25.1. The number of halogens is 1. The first-order valence-electron chi connectivity index (χ1n) is 12.6. The number of anilines is 2. The van der Waals surface area contributed by atoms with Gasteiger partial charge in [-0.15, -0.1) is 11.3 Å². The van der Waals surface area contributed by atoms with Crippen molar-refractivity contribution in [1.29, 1.82) is 0 Å². The van der Waals surface area contributed by atoms with Crippen molar-refractivity contribution in [3.05, 3.63) is 88.9 Å². The smallest absolute Gasteiger partial charge is 0.274 e. The summed E-state index contributed by atoms with van der Waals surface area (Å²) in [4.78, 5) is 46.4. The normalized spacial score (nSPS) is 16.3. The zero-order chi connectivity index (χ0) is 26.9. The zero-order valence-electron chi connectivity index (χ0n) is 21.2. The third-order valence-corrected chi connectivity index (χ3v) is 7.73. The Morgan fingerprint density at radius 3 is 2.64 bits per heavy atom. The maximum atomic E-state index is 14.2. The summed E-state index contributed by atoms with van der Waals surface area (Å²) in [5.74, 6) is -0.436. The number of piperazine rings is 1. The van der Waals surface area contributed by atoms with Crippen LogP contribution in [0, 0.1) is 5.82 Å². The lowest BCUT2D eigenvalue weighted by Crippen LogP contribution is -2.44. The quantitative estimate of drug-likeness (QED) is 0.395. The van der Waals surface area contributed by atoms with Crippen LogP contribution >= 0.6 is 11.3 Å². The summed E-state index contributed by atoms with van der Waals surface area (Å²) in [6.45, 7) is 4.01. The molecule has 11 heteroatoms. The molecule has 0 radical (unpaired) electrons. The fourth-order valence-corrected chi connectivity index (χ4v) is 5.46. The molecule has 1 aromatic carbocycles. The molecule has 6 rings (SSSR count). The number of hydrogen-bond donors (Lipinski definition) is 1.